The van der Waals surface area contributed by atoms with Gasteiger partial charge in [-0.1, -0.05) is 72.8 Å². The zero-order valence-corrected chi connectivity index (χ0v) is 33.6. The Morgan fingerprint density at radius 3 is 1.56 bits per heavy atom. The molecule has 0 aliphatic heterocycles. The van der Waals surface area contributed by atoms with Gasteiger partial charge in [-0.25, -0.2) is 9.97 Å². The van der Waals surface area contributed by atoms with E-state index in [1.54, 1.807) is 34.8 Å². The maximum Gasteiger partial charge on any atom is 0.128 e. The average molecular weight is 916 g/mol. The molecular formula is C41H28IrN3O2S2Zn-. The number of thiazole rings is 2. The van der Waals surface area contributed by atoms with Crippen molar-refractivity contribution in [2.45, 2.75) is 0 Å². The van der Waals surface area contributed by atoms with Gasteiger partial charge < -0.3 is 15.2 Å². The van der Waals surface area contributed by atoms with Crippen LogP contribution < -0.4 is 0 Å². The Morgan fingerprint density at radius 2 is 1.02 bits per heavy atom. The third kappa shape index (κ3) is 8.39. The van der Waals surface area contributed by atoms with Crippen LogP contribution in [-0.4, -0.2) is 25.2 Å². The molecule has 0 bridgehead atoms. The largest absolute Gasteiger partial charge is 0.507 e. The molecule has 0 saturated carbocycles. The van der Waals surface area contributed by atoms with Crippen LogP contribution in [0.15, 0.2) is 158 Å². The Kier molecular flexibility index (Phi) is 12.7. The van der Waals surface area contributed by atoms with Crippen molar-refractivity contribution in [3.63, 3.8) is 0 Å². The summed E-state index contributed by atoms with van der Waals surface area (Å²) in [4.78, 5) is 13.5. The van der Waals surface area contributed by atoms with Gasteiger partial charge >= 0.3 is 0 Å². The van der Waals surface area contributed by atoms with Crippen LogP contribution in [0.1, 0.15) is 0 Å². The summed E-state index contributed by atoms with van der Waals surface area (Å²) in [5.74, 6) is 0.558. The van der Waals surface area contributed by atoms with E-state index in [1.807, 2.05) is 134 Å². The fourth-order valence-corrected chi connectivity index (χ4v) is 7.16. The summed E-state index contributed by atoms with van der Waals surface area (Å²) >= 11 is 3.19. The van der Waals surface area contributed by atoms with Crippen molar-refractivity contribution in [1.82, 2.24) is 15.0 Å². The van der Waals surface area contributed by atoms with Crippen molar-refractivity contribution in [1.29, 1.82) is 0 Å². The molecule has 0 aliphatic carbocycles. The number of benzene rings is 6. The number of pyridine rings is 1. The van der Waals surface area contributed by atoms with Crippen molar-refractivity contribution in [3.8, 4) is 43.9 Å². The summed E-state index contributed by atoms with van der Waals surface area (Å²) in [6, 6.07) is 52.0. The van der Waals surface area contributed by atoms with Crippen molar-refractivity contribution in [3.05, 3.63) is 164 Å². The zero-order chi connectivity index (χ0) is 32.7. The minimum Gasteiger partial charge on any atom is -0.507 e. The fraction of sp³-hybridized carbons (Fsp3) is 0. The standard InChI is InChI=1S/C15H10N.2C13H9NOS.Ir.Zn/c1-2-7-13(8-3-1)15-14-9-5-4-6-12(14)10-11-16-15;2*15-11-7-3-1-5-9(11)13-14-10-6-2-4-8-12(10)16-13;;/h1-7,9-11H;2*1-8,15H;;/q-1;;;;. The Hall–Kier alpha value is -4.62. The summed E-state index contributed by atoms with van der Waals surface area (Å²) in [6.07, 6.45) is 1.85. The van der Waals surface area contributed by atoms with Crippen LogP contribution in [0.2, 0.25) is 0 Å². The first-order valence-electron chi connectivity index (χ1n) is 15.2. The Balaban J connectivity index is 0.000000143. The number of rotatable bonds is 3. The molecule has 0 amide bonds. The molecule has 0 aliphatic rings. The molecule has 3 aromatic heterocycles. The van der Waals surface area contributed by atoms with Gasteiger partial charge in [0.2, 0.25) is 0 Å². The van der Waals surface area contributed by atoms with E-state index in [4.69, 9.17) is 0 Å². The molecule has 5 nitrogen and oxygen atoms in total. The number of phenols is 2. The minimum atomic E-state index is 0. The normalized spacial score (nSPS) is 10.2. The number of aromatic nitrogens is 3. The summed E-state index contributed by atoms with van der Waals surface area (Å²) in [5, 5.41) is 23.6. The second kappa shape index (κ2) is 17.4. The zero-order valence-electron chi connectivity index (χ0n) is 26.6. The third-order valence-electron chi connectivity index (χ3n) is 7.49. The van der Waals surface area contributed by atoms with E-state index >= 15 is 0 Å². The van der Waals surface area contributed by atoms with Crippen LogP contribution >= 0.6 is 22.7 Å². The van der Waals surface area contributed by atoms with Gasteiger partial charge in [-0.15, -0.1) is 58.6 Å². The van der Waals surface area contributed by atoms with Gasteiger partial charge in [0.1, 0.15) is 21.5 Å². The van der Waals surface area contributed by atoms with Crippen LogP contribution in [0.25, 0.3) is 63.6 Å². The summed E-state index contributed by atoms with van der Waals surface area (Å²) in [5.41, 5.74) is 5.59. The van der Waals surface area contributed by atoms with Crippen molar-refractivity contribution in [2.75, 3.05) is 0 Å². The van der Waals surface area contributed by atoms with E-state index in [1.165, 1.54) is 10.8 Å². The van der Waals surface area contributed by atoms with Crippen LogP contribution in [0.4, 0.5) is 0 Å². The first-order chi connectivity index (χ1) is 23.6. The van der Waals surface area contributed by atoms with Gasteiger partial charge in [-0.3, -0.25) is 0 Å². The Labute approximate surface area is 324 Å². The van der Waals surface area contributed by atoms with E-state index in [0.29, 0.717) is 0 Å². The molecule has 6 aromatic carbocycles. The van der Waals surface area contributed by atoms with Crippen molar-refractivity contribution >= 4 is 53.9 Å². The van der Waals surface area contributed by atoms with Crippen LogP contribution in [0, 0.1) is 6.07 Å². The van der Waals surface area contributed by atoms with E-state index in [-0.39, 0.29) is 51.1 Å². The van der Waals surface area contributed by atoms with Gasteiger partial charge in [0.05, 0.1) is 31.6 Å². The van der Waals surface area contributed by atoms with Crippen molar-refractivity contribution in [2.24, 2.45) is 0 Å². The molecule has 2 N–H and O–H groups in total. The molecular weight excluding hydrogens is 888 g/mol. The minimum absolute atomic E-state index is 0. The molecule has 0 saturated heterocycles. The van der Waals surface area contributed by atoms with Gasteiger partial charge in [-0.2, -0.15) is 0 Å². The number of para-hydroxylation sites is 4. The second-order valence-corrected chi connectivity index (χ2v) is 12.7. The number of nitrogens with zero attached hydrogens (tertiary/aromatic N) is 3. The molecule has 1 radical (unpaired) electrons. The molecule has 3 heterocycles. The summed E-state index contributed by atoms with van der Waals surface area (Å²) in [6.45, 7) is 0. The van der Waals surface area contributed by atoms with E-state index in [0.717, 1.165) is 52.8 Å². The molecule has 9 heteroatoms. The quantitative estimate of drug-likeness (QED) is 0.136. The average Bonchev–Trinajstić information content (AvgIpc) is 3.78. The van der Waals surface area contributed by atoms with Crippen LogP contribution in [0.5, 0.6) is 11.5 Å². The van der Waals surface area contributed by atoms with Crippen molar-refractivity contribution < 1.29 is 49.8 Å². The Bertz CT molecular complexity index is 2280. The number of phenolic OH excluding ortho intramolecular Hbond substituents is 2. The number of aromatic hydroxyl groups is 2. The summed E-state index contributed by atoms with van der Waals surface area (Å²) in [7, 11) is 0. The van der Waals surface area contributed by atoms with Gasteiger partial charge in [0.15, 0.2) is 0 Å². The van der Waals surface area contributed by atoms with Gasteiger partial charge in [0, 0.05) is 45.8 Å². The molecule has 50 heavy (non-hydrogen) atoms. The molecule has 0 fully saturated rings. The van der Waals surface area contributed by atoms with Crippen LogP contribution in [0.3, 0.4) is 0 Å². The van der Waals surface area contributed by atoms with E-state index in [9.17, 15) is 10.2 Å². The number of fused-ring (bicyclic) bond motifs is 3. The first-order valence-corrected chi connectivity index (χ1v) is 16.9. The SMILES string of the molecule is Oc1ccccc1-c1nc2ccccc2s1.Oc1ccccc1-c1nc2ccccc2s1.[Ir].[Zn].[c-]1ccccc1-c1nccc2ccccc12. The van der Waals surface area contributed by atoms with Crippen LogP contribution in [-0.2, 0) is 39.6 Å². The second-order valence-electron chi connectivity index (χ2n) is 10.7. The smallest absolute Gasteiger partial charge is 0.128 e. The van der Waals surface area contributed by atoms with E-state index < -0.39 is 0 Å². The van der Waals surface area contributed by atoms with E-state index in [2.05, 4.69) is 33.2 Å². The topological polar surface area (TPSA) is 79.1 Å². The maximum atomic E-state index is 9.76. The summed E-state index contributed by atoms with van der Waals surface area (Å²) < 4.78 is 2.28. The fourth-order valence-electron chi connectivity index (χ4n) is 5.16. The first kappa shape index (κ1) is 36.7. The van der Waals surface area contributed by atoms with Gasteiger partial charge in [0.25, 0.3) is 0 Å². The molecule has 243 valence electrons. The predicted molar refractivity (Wildman–Crippen MR) is 199 cm³/mol. The predicted octanol–water partition coefficient (Wildman–Crippen LogP) is 11.0. The molecule has 0 atom stereocenters. The van der Waals surface area contributed by atoms with Gasteiger partial charge in [-0.05, 0) is 71.1 Å². The monoisotopic (exact) mass is 915 g/mol. The molecule has 9 rings (SSSR count). The molecule has 9 aromatic rings. The molecule has 0 spiro atoms. The number of hydrogen-bond donors (Lipinski definition) is 2. The maximum absolute atomic E-state index is 9.76. The number of hydrogen-bond acceptors (Lipinski definition) is 7. The third-order valence-corrected chi connectivity index (χ3v) is 9.63. The molecule has 0 unspecified atom stereocenters. The Morgan fingerprint density at radius 1 is 0.520 bits per heavy atom.